The Balaban J connectivity index is 2.10. The quantitative estimate of drug-likeness (QED) is 0.320. The number of benzene rings is 1. The molecule has 1 aromatic rings. The summed E-state index contributed by atoms with van der Waals surface area (Å²) >= 11 is 6.68. The average Bonchev–Trinajstić information content (AvgIpc) is 2.33. The summed E-state index contributed by atoms with van der Waals surface area (Å²) in [6.07, 6.45) is 3.67. The molecule has 19 heavy (non-hydrogen) atoms. The molecule has 0 spiro atoms. The number of carbonyl (C=O) groups is 1. The zero-order chi connectivity index (χ0) is 14.0. The van der Waals surface area contributed by atoms with Gasteiger partial charge in [-0.3, -0.25) is 4.79 Å². The van der Waals surface area contributed by atoms with Crippen molar-refractivity contribution in [2.24, 2.45) is 11.7 Å². The van der Waals surface area contributed by atoms with E-state index in [9.17, 15) is 4.79 Å². The predicted octanol–water partition coefficient (Wildman–Crippen LogP) is 3.92. The number of hydrogen-bond donors (Lipinski definition) is 1. The third-order valence-corrected chi connectivity index (χ3v) is 5.44. The smallest absolute Gasteiger partial charge is 0.314 e. The number of rotatable bonds is 2. The van der Waals surface area contributed by atoms with Gasteiger partial charge in [0.05, 0.1) is 13.1 Å². The standard InChI is InChI=1S/C13H14I3NO2/c14-8-5-10(15)12(11(16)6-8)19-13(18)7-2-1-3-9(17)4-7/h5-7,9H,1-4,17H2. The average molecular weight is 597 g/mol. The molecule has 0 saturated heterocycles. The molecule has 1 aliphatic carbocycles. The highest BCUT2D eigenvalue weighted by atomic mass is 127. The zero-order valence-electron chi connectivity index (χ0n) is 10.2. The molecule has 2 rings (SSSR count). The molecule has 0 bridgehead atoms. The van der Waals surface area contributed by atoms with E-state index in [4.69, 9.17) is 10.5 Å². The normalized spacial score (nSPS) is 23.2. The fraction of sp³-hybridized carbons (Fsp3) is 0.462. The van der Waals surface area contributed by atoms with Gasteiger partial charge in [-0.05, 0) is 99.2 Å². The van der Waals surface area contributed by atoms with Gasteiger partial charge in [0.25, 0.3) is 0 Å². The highest BCUT2D eigenvalue weighted by molar-refractivity contribution is 14.1. The van der Waals surface area contributed by atoms with Gasteiger partial charge in [-0.25, -0.2) is 0 Å². The van der Waals surface area contributed by atoms with Gasteiger partial charge in [-0.15, -0.1) is 0 Å². The van der Waals surface area contributed by atoms with Crippen LogP contribution in [0.2, 0.25) is 0 Å². The Morgan fingerprint density at radius 1 is 1.21 bits per heavy atom. The van der Waals surface area contributed by atoms with E-state index in [1.54, 1.807) is 0 Å². The third-order valence-electron chi connectivity index (χ3n) is 3.21. The van der Waals surface area contributed by atoms with Gasteiger partial charge in [-0.2, -0.15) is 0 Å². The van der Waals surface area contributed by atoms with Crippen LogP contribution in [0.1, 0.15) is 25.7 Å². The van der Waals surface area contributed by atoms with E-state index in [1.807, 2.05) is 12.1 Å². The monoisotopic (exact) mass is 597 g/mol. The first-order chi connectivity index (χ1) is 8.97. The van der Waals surface area contributed by atoms with E-state index >= 15 is 0 Å². The van der Waals surface area contributed by atoms with E-state index < -0.39 is 0 Å². The van der Waals surface area contributed by atoms with Crippen LogP contribution in [0.5, 0.6) is 5.75 Å². The lowest BCUT2D eigenvalue weighted by Gasteiger charge is -2.25. The summed E-state index contributed by atoms with van der Waals surface area (Å²) < 4.78 is 8.70. The van der Waals surface area contributed by atoms with Crippen LogP contribution < -0.4 is 10.5 Å². The van der Waals surface area contributed by atoms with Gasteiger partial charge >= 0.3 is 5.97 Å². The van der Waals surface area contributed by atoms with Crippen molar-refractivity contribution in [3.8, 4) is 5.75 Å². The maximum atomic E-state index is 12.2. The molecule has 0 radical (unpaired) electrons. The summed E-state index contributed by atoms with van der Waals surface area (Å²) in [6.45, 7) is 0. The van der Waals surface area contributed by atoms with E-state index in [0.717, 1.165) is 36.4 Å². The molecular formula is C13H14I3NO2. The van der Waals surface area contributed by atoms with E-state index in [0.29, 0.717) is 5.75 Å². The second-order valence-electron chi connectivity index (χ2n) is 4.74. The van der Waals surface area contributed by atoms with Crippen molar-refractivity contribution in [1.29, 1.82) is 0 Å². The summed E-state index contributed by atoms with van der Waals surface area (Å²) in [6, 6.07) is 4.16. The molecule has 2 N–H and O–H groups in total. The first-order valence-corrected chi connectivity index (χ1v) is 9.33. The van der Waals surface area contributed by atoms with Crippen molar-refractivity contribution in [3.63, 3.8) is 0 Å². The molecule has 1 fully saturated rings. The molecule has 1 aliphatic rings. The van der Waals surface area contributed by atoms with E-state index in [2.05, 4.69) is 67.8 Å². The number of carbonyl (C=O) groups excluding carboxylic acids is 1. The largest absolute Gasteiger partial charge is 0.424 e. The molecule has 3 nitrogen and oxygen atoms in total. The van der Waals surface area contributed by atoms with Crippen LogP contribution in [0.15, 0.2) is 12.1 Å². The maximum absolute atomic E-state index is 12.2. The fourth-order valence-corrected chi connectivity index (χ4v) is 6.05. The van der Waals surface area contributed by atoms with Gasteiger partial charge in [0.2, 0.25) is 0 Å². The molecule has 0 heterocycles. The SMILES string of the molecule is NC1CCCC(C(=O)Oc2c(I)cc(I)cc2I)C1. The Hall–Kier alpha value is 0.840. The van der Waals surface area contributed by atoms with Crippen molar-refractivity contribution in [2.75, 3.05) is 0 Å². The Kier molecular flexibility index (Phi) is 6.15. The predicted molar refractivity (Wildman–Crippen MR) is 100 cm³/mol. The lowest BCUT2D eigenvalue weighted by molar-refractivity contribution is -0.140. The fourth-order valence-electron chi connectivity index (χ4n) is 2.25. The topological polar surface area (TPSA) is 52.3 Å². The van der Waals surface area contributed by atoms with E-state index in [1.165, 1.54) is 0 Å². The number of nitrogens with two attached hydrogens (primary N) is 1. The molecule has 2 atom stereocenters. The molecular weight excluding hydrogens is 583 g/mol. The van der Waals surface area contributed by atoms with Crippen molar-refractivity contribution in [1.82, 2.24) is 0 Å². The second kappa shape index (κ2) is 7.21. The van der Waals surface area contributed by atoms with Gasteiger partial charge < -0.3 is 10.5 Å². The van der Waals surface area contributed by atoms with Crippen molar-refractivity contribution in [3.05, 3.63) is 22.8 Å². The van der Waals surface area contributed by atoms with Crippen LogP contribution >= 0.6 is 67.8 Å². The molecule has 1 saturated carbocycles. The summed E-state index contributed by atoms with van der Waals surface area (Å²) in [5.74, 6) is 0.507. The molecule has 2 unspecified atom stereocenters. The Bertz CT molecular complexity index is 470. The summed E-state index contributed by atoms with van der Waals surface area (Å²) in [5.41, 5.74) is 5.92. The molecule has 0 aliphatic heterocycles. The van der Waals surface area contributed by atoms with Crippen LogP contribution in [-0.4, -0.2) is 12.0 Å². The van der Waals surface area contributed by atoms with Crippen LogP contribution in [0, 0.1) is 16.6 Å². The molecule has 6 heteroatoms. The van der Waals surface area contributed by atoms with Crippen LogP contribution in [0.25, 0.3) is 0 Å². The number of hydrogen-bond acceptors (Lipinski definition) is 3. The Morgan fingerprint density at radius 2 is 1.84 bits per heavy atom. The van der Waals surface area contributed by atoms with Crippen molar-refractivity contribution >= 4 is 73.7 Å². The van der Waals surface area contributed by atoms with E-state index in [-0.39, 0.29) is 17.9 Å². The summed E-state index contributed by atoms with van der Waals surface area (Å²) in [5, 5.41) is 0. The summed E-state index contributed by atoms with van der Waals surface area (Å²) in [7, 11) is 0. The van der Waals surface area contributed by atoms with Gasteiger partial charge in [0.15, 0.2) is 5.75 Å². The first kappa shape index (κ1) is 16.2. The zero-order valence-corrected chi connectivity index (χ0v) is 16.6. The molecule has 104 valence electrons. The maximum Gasteiger partial charge on any atom is 0.314 e. The summed E-state index contributed by atoms with van der Waals surface area (Å²) in [4.78, 5) is 12.2. The van der Waals surface area contributed by atoms with Gasteiger partial charge in [0.1, 0.15) is 0 Å². The van der Waals surface area contributed by atoms with Crippen LogP contribution in [0.4, 0.5) is 0 Å². The molecule has 0 amide bonds. The molecule has 1 aromatic carbocycles. The minimum Gasteiger partial charge on any atom is -0.424 e. The number of esters is 1. The Labute approximate surface area is 153 Å². The lowest BCUT2D eigenvalue weighted by atomic mass is 9.86. The third kappa shape index (κ3) is 4.40. The van der Waals surface area contributed by atoms with Crippen LogP contribution in [0.3, 0.4) is 0 Å². The number of halogens is 3. The van der Waals surface area contributed by atoms with Crippen LogP contribution in [-0.2, 0) is 4.79 Å². The van der Waals surface area contributed by atoms with Gasteiger partial charge in [0, 0.05) is 9.61 Å². The highest BCUT2D eigenvalue weighted by Crippen LogP contribution is 2.32. The highest BCUT2D eigenvalue weighted by Gasteiger charge is 2.27. The van der Waals surface area contributed by atoms with Gasteiger partial charge in [-0.1, -0.05) is 6.42 Å². The lowest BCUT2D eigenvalue weighted by Crippen LogP contribution is -2.33. The van der Waals surface area contributed by atoms with Crippen molar-refractivity contribution in [2.45, 2.75) is 31.7 Å². The first-order valence-electron chi connectivity index (χ1n) is 6.09. The molecule has 0 aromatic heterocycles. The number of ether oxygens (including phenoxy) is 1. The van der Waals surface area contributed by atoms with Crippen molar-refractivity contribution < 1.29 is 9.53 Å². The second-order valence-corrected chi connectivity index (χ2v) is 8.31. The minimum absolute atomic E-state index is 0.0466. The minimum atomic E-state index is -0.132. The Morgan fingerprint density at radius 3 is 2.42 bits per heavy atom.